The molecule has 0 fully saturated rings. The van der Waals surface area contributed by atoms with E-state index in [9.17, 15) is 0 Å². The van der Waals surface area contributed by atoms with Gasteiger partial charge in [-0.1, -0.05) is 11.6 Å². The van der Waals surface area contributed by atoms with Crippen molar-refractivity contribution < 1.29 is 0 Å². The van der Waals surface area contributed by atoms with Crippen molar-refractivity contribution in [1.82, 2.24) is 4.98 Å². The van der Waals surface area contributed by atoms with Crippen molar-refractivity contribution in [3.63, 3.8) is 0 Å². The largest absolute Gasteiger partial charge is 0.398 e. The van der Waals surface area contributed by atoms with E-state index in [1.54, 1.807) is 23.5 Å². The first-order chi connectivity index (χ1) is 7.56. The molecule has 1 aromatic heterocycles. The van der Waals surface area contributed by atoms with E-state index in [0.29, 0.717) is 10.7 Å². The van der Waals surface area contributed by atoms with E-state index in [1.807, 2.05) is 19.9 Å². The molecule has 0 atom stereocenters. The number of nitrogens with two attached hydrogens (primary N) is 1. The standard InChI is InChI=1S/C11H12ClN3S/c1-6-7(2)16-11(14-6)15-8-3-4-10(13)9(12)5-8/h3-5H,13H2,1-2H3,(H,14,15). The normalized spacial score (nSPS) is 10.4. The van der Waals surface area contributed by atoms with E-state index >= 15 is 0 Å². The Labute approximate surface area is 103 Å². The quantitative estimate of drug-likeness (QED) is 0.802. The zero-order valence-corrected chi connectivity index (χ0v) is 10.6. The van der Waals surface area contributed by atoms with Gasteiger partial charge in [0.15, 0.2) is 5.13 Å². The molecule has 1 heterocycles. The van der Waals surface area contributed by atoms with Gasteiger partial charge in [-0.3, -0.25) is 0 Å². The minimum Gasteiger partial charge on any atom is -0.398 e. The molecule has 0 saturated carbocycles. The predicted octanol–water partition coefficient (Wildman–Crippen LogP) is 3.74. The minimum absolute atomic E-state index is 0.551. The summed E-state index contributed by atoms with van der Waals surface area (Å²) in [5.41, 5.74) is 8.17. The molecular weight excluding hydrogens is 242 g/mol. The monoisotopic (exact) mass is 253 g/mol. The second-order valence-electron chi connectivity index (χ2n) is 3.52. The maximum atomic E-state index is 5.93. The smallest absolute Gasteiger partial charge is 0.187 e. The van der Waals surface area contributed by atoms with Gasteiger partial charge in [0, 0.05) is 10.6 Å². The van der Waals surface area contributed by atoms with Crippen molar-refractivity contribution >= 4 is 39.4 Å². The molecule has 0 aliphatic carbocycles. The predicted molar refractivity (Wildman–Crippen MR) is 70.7 cm³/mol. The Bertz CT molecular complexity index is 502. The maximum absolute atomic E-state index is 5.93. The fourth-order valence-corrected chi connectivity index (χ4v) is 2.27. The van der Waals surface area contributed by atoms with Crippen LogP contribution in [0.15, 0.2) is 18.2 Å². The van der Waals surface area contributed by atoms with Gasteiger partial charge in [-0.2, -0.15) is 0 Å². The number of anilines is 3. The topological polar surface area (TPSA) is 50.9 Å². The van der Waals surface area contributed by atoms with Gasteiger partial charge in [0.05, 0.1) is 16.4 Å². The van der Waals surface area contributed by atoms with Crippen LogP contribution in [0.3, 0.4) is 0 Å². The number of nitrogen functional groups attached to an aromatic ring is 1. The van der Waals surface area contributed by atoms with Crippen LogP contribution in [0.1, 0.15) is 10.6 Å². The second-order valence-corrected chi connectivity index (χ2v) is 5.13. The summed E-state index contributed by atoms with van der Waals surface area (Å²) in [6, 6.07) is 5.45. The lowest BCUT2D eigenvalue weighted by Crippen LogP contribution is -1.91. The van der Waals surface area contributed by atoms with E-state index in [1.165, 1.54) is 4.88 Å². The summed E-state index contributed by atoms with van der Waals surface area (Å²) >= 11 is 7.56. The van der Waals surface area contributed by atoms with Crippen molar-refractivity contribution in [2.75, 3.05) is 11.1 Å². The van der Waals surface area contributed by atoms with Crippen LogP contribution in [-0.2, 0) is 0 Å². The van der Waals surface area contributed by atoms with E-state index in [-0.39, 0.29) is 0 Å². The molecule has 0 bridgehead atoms. The molecule has 0 amide bonds. The summed E-state index contributed by atoms with van der Waals surface area (Å²) in [5.74, 6) is 0. The molecule has 84 valence electrons. The van der Waals surface area contributed by atoms with Crippen molar-refractivity contribution in [2.24, 2.45) is 0 Å². The van der Waals surface area contributed by atoms with Crippen LogP contribution in [0.5, 0.6) is 0 Å². The number of rotatable bonds is 2. The lowest BCUT2D eigenvalue weighted by atomic mass is 10.3. The Balaban J connectivity index is 2.23. The van der Waals surface area contributed by atoms with Crippen LogP contribution in [0, 0.1) is 13.8 Å². The second kappa shape index (κ2) is 4.31. The Morgan fingerprint density at radius 2 is 2.12 bits per heavy atom. The molecule has 5 heteroatoms. The molecule has 3 nitrogen and oxygen atoms in total. The molecule has 2 aromatic rings. The van der Waals surface area contributed by atoms with Gasteiger partial charge in [-0.05, 0) is 32.0 Å². The first-order valence-corrected chi connectivity index (χ1v) is 6.02. The summed E-state index contributed by atoms with van der Waals surface area (Å²) in [7, 11) is 0. The van der Waals surface area contributed by atoms with Gasteiger partial charge >= 0.3 is 0 Å². The SMILES string of the molecule is Cc1nc(Nc2ccc(N)c(Cl)c2)sc1C. The van der Waals surface area contributed by atoms with Crippen LogP contribution < -0.4 is 11.1 Å². The number of nitrogens with zero attached hydrogens (tertiary/aromatic N) is 1. The Kier molecular flexibility index (Phi) is 3.03. The van der Waals surface area contributed by atoms with Crippen molar-refractivity contribution in [2.45, 2.75) is 13.8 Å². The highest BCUT2D eigenvalue weighted by molar-refractivity contribution is 7.15. The van der Waals surface area contributed by atoms with Crippen molar-refractivity contribution in [3.05, 3.63) is 33.8 Å². The molecule has 0 spiro atoms. The Morgan fingerprint density at radius 3 is 2.69 bits per heavy atom. The molecule has 0 unspecified atom stereocenters. The zero-order valence-electron chi connectivity index (χ0n) is 9.04. The molecule has 0 aliphatic rings. The lowest BCUT2D eigenvalue weighted by molar-refractivity contribution is 1.23. The van der Waals surface area contributed by atoms with Crippen LogP contribution in [0.4, 0.5) is 16.5 Å². The van der Waals surface area contributed by atoms with Crippen LogP contribution in [0.25, 0.3) is 0 Å². The van der Waals surface area contributed by atoms with Gasteiger partial charge in [0.1, 0.15) is 0 Å². The molecule has 0 saturated heterocycles. The highest BCUT2D eigenvalue weighted by Gasteiger charge is 2.04. The van der Waals surface area contributed by atoms with E-state index in [4.69, 9.17) is 17.3 Å². The number of hydrogen-bond acceptors (Lipinski definition) is 4. The van der Waals surface area contributed by atoms with Crippen molar-refractivity contribution in [1.29, 1.82) is 0 Å². The maximum Gasteiger partial charge on any atom is 0.187 e. The summed E-state index contributed by atoms with van der Waals surface area (Å²) in [6.07, 6.45) is 0. The van der Waals surface area contributed by atoms with Crippen molar-refractivity contribution in [3.8, 4) is 0 Å². The van der Waals surface area contributed by atoms with Gasteiger partial charge < -0.3 is 11.1 Å². The summed E-state index contributed by atoms with van der Waals surface area (Å²) < 4.78 is 0. The van der Waals surface area contributed by atoms with Gasteiger partial charge in [0.25, 0.3) is 0 Å². The van der Waals surface area contributed by atoms with Gasteiger partial charge in [-0.15, -0.1) is 11.3 Å². The third kappa shape index (κ3) is 2.28. The Hall–Kier alpha value is -1.26. The molecule has 2 rings (SSSR count). The highest BCUT2D eigenvalue weighted by atomic mass is 35.5. The number of thiazole rings is 1. The molecule has 3 N–H and O–H groups in total. The summed E-state index contributed by atoms with van der Waals surface area (Å²) in [6.45, 7) is 4.04. The first kappa shape index (κ1) is 11.2. The number of hydrogen-bond donors (Lipinski definition) is 2. The molecule has 16 heavy (non-hydrogen) atoms. The average Bonchev–Trinajstić information content (AvgIpc) is 2.52. The number of benzene rings is 1. The summed E-state index contributed by atoms with van der Waals surface area (Å²) in [5, 5.41) is 4.62. The van der Waals surface area contributed by atoms with Crippen LogP contribution >= 0.6 is 22.9 Å². The zero-order chi connectivity index (χ0) is 11.7. The van der Waals surface area contributed by atoms with Gasteiger partial charge in [-0.25, -0.2) is 4.98 Å². The third-order valence-electron chi connectivity index (χ3n) is 2.28. The number of nitrogens with one attached hydrogen (secondary N) is 1. The molecular formula is C11H12ClN3S. The minimum atomic E-state index is 0.551. The fraction of sp³-hybridized carbons (Fsp3) is 0.182. The average molecular weight is 254 g/mol. The first-order valence-electron chi connectivity index (χ1n) is 4.82. The number of aryl methyl sites for hydroxylation is 2. The fourth-order valence-electron chi connectivity index (χ4n) is 1.25. The lowest BCUT2D eigenvalue weighted by Gasteiger charge is -2.04. The number of halogens is 1. The number of aromatic nitrogens is 1. The molecule has 0 radical (unpaired) electrons. The summed E-state index contributed by atoms with van der Waals surface area (Å²) in [4.78, 5) is 5.60. The van der Waals surface area contributed by atoms with Crippen LogP contribution in [0.2, 0.25) is 5.02 Å². The third-order valence-corrected chi connectivity index (χ3v) is 3.60. The van der Waals surface area contributed by atoms with E-state index in [2.05, 4.69) is 10.3 Å². The highest BCUT2D eigenvalue weighted by Crippen LogP contribution is 2.28. The molecule has 0 aliphatic heterocycles. The van der Waals surface area contributed by atoms with Crippen LogP contribution in [-0.4, -0.2) is 4.98 Å². The molecule has 1 aromatic carbocycles. The Morgan fingerprint density at radius 1 is 1.38 bits per heavy atom. The van der Waals surface area contributed by atoms with E-state index < -0.39 is 0 Å². The van der Waals surface area contributed by atoms with E-state index in [0.717, 1.165) is 16.5 Å². The van der Waals surface area contributed by atoms with Gasteiger partial charge in [0.2, 0.25) is 0 Å².